The monoisotopic (exact) mass is 1310 g/mol. The van der Waals surface area contributed by atoms with Gasteiger partial charge in [-0.1, -0.05) is 22.7 Å². The molecule has 0 radical (unpaired) electrons. The van der Waals surface area contributed by atoms with Gasteiger partial charge in [0.15, 0.2) is 15.9 Å². The largest absolute Gasteiger partial charge is 0.462 e. The third-order valence-corrected chi connectivity index (χ3v) is 15.9. The van der Waals surface area contributed by atoms with E-state index in [1.54, 1.807) is 65.7 Å². The van der Waals surface area contributed by atoms with E-state index in [4.69, 9.17) is 45.0 Å². The Hall–Kier alpha value is -9.68. The van der Waals surface area contributed by atoms with E-state index in [9.17, 15) is 19.2 Å². The summed E-state index contributed by atoms with van der Waals surface area (Å²) in [4.78, 5) is 70.7. The number of nitrogens with one attached hydrogen (secondary N) is 4. The summed E-state index contributed by atoms with van der Waals surface area (Å²) in [5.74, 6) is 1.72. The Labute approximate surface area is 535 Å². The maximum atomic E-state index is 12.7. The fourth-order valence-electron chi connectivity index (χ4n) is 9.14. The maximum Gasteiger partial charge on any atom is 0.326 e. The number of imidazole rings is 3. The average molecular weight is 1310 g/mol. The molecule has 478 valence electrons. The molecule has 9 heterocycles. The van der Waals surface area contributed by atoms with Crippen LogP contribution in [-0.4, -0.2) is 159 Å². The molecule has 9 aromatic heterocycles. The molecule has 3 amide bonds. The first kappa shape index (κ1) is 65.3. The van der Waals surface area contributed by atoms with Crippen LogP contribution in [0.15, 0.2) is 123 Å². The molecule has 10 N–H and O–H groups in total. The molecular weight excluding hydrogens is 1240 g/mol. The fourth-order valence-corrected chi connectivity index (χ4v) is 11.2. The van der Waals surface area contributed by atoms with E-state index in [0.717, 1.165) is 69.3 Å². The van der Waals surface area contributed by atoms with Crippen LogP contribution in [0.2, 0.25) is 0 Å². The normalized spacial score (nSPS) is 11.2. The van der Waals surface area contributed by atoms with E-state index in [1.165, 1.54) is 29.1 Å². The molecule has 30 nitrogen and oxygen atoms in total. The van der Waals surface area contributed by atoms with Crippen molar-refractivity contribution in [2.75, 3.05) is 88.4 Å². The summed E-state index contributed by atoms with van der Waals surface area (Å²) >= 11 is 3.74. The summed E-state index contributed by atoms with van der Waals surface area (Å²) in [5.41, 5.74) is 24.0. The van der Waals surface area contributed by atoms with Gasteiger partial charge in [0.25, 0.3) is 23.6 Å². The summed E-state index contributed by atoms with van der Waals surface area (Å²) in [6.45, 7) is 11.2. The summed E-state index contributed by atoms with van der Waals surface area (Å²) in [6.07, 6.45) is 7.07. The van der Waals surface area contributed by atoms with Crippen LogP contribution >= 0.6 is 34.0 Å². The molecule has 0 bridgehead atoms. The van der Waals surface area contributed by atoms with Crippen LogP contribution in [0.25, 0.3) is 66.0 Å². The van der Waals surface area contributed by atoms with E-state index in [2.05, 4.69) is 80.6 Å². The van der Waals surface area contributed by atoms with Gasteiger partial charge in [0, 0.05) is 66.2 Å². The Kier molecular flexibility index (Phi) is 23.0. The number of carbonyl (C=O) groups excluding carboxylic acids is 3. The van der Waals surface area contributed by atoms with Gasteiger partial charge in [0.2, 0.25) is 21.7 Å². The third-order valence-electron chi connectivity index (χ3n) is 13.5. The number of aromatic amines is 1. The van der Waals surface area contributed by atoms with Crippen molar-refractivity contribution in [1.29, 1.82) is 0 Å². The highest BCUT2D eigenvalue weighted by molar-refractivity contribution is 7.19. The topological polar surface area (TPSA) is 405 Å². The van der Waals surface area contributed by atoms with Crippen LogP contribution in [0, 0.1) is 13.8 Å². The number of benzene rings is 3. The van der Waals surface area contributed by atoms with Crippen molar-refractivity contribution in [3.8, 4) is 32.9 Å². The highest BCUT2D eigenvalue weighted by Gasteiger charge is 2.19. The number of H-pyrrole nitrogens is 1. The van der Waals surface area contributed by atoms with E-state index in [-0.39, 0.29) is 29.3 Å². The Bertz CT molecular complexity index is 4410. The Morgan fingerprint density at radius 2 is 1.13 bits per heavy atom. The zero-order valence-electron chi connectivity index (χ0n) is 49.9. The van der Waals surface area contributed by atoms with E-state index in [1.807, 2.05) is 55.6 Å². The highest BCUT2D eigenvalue weighted by Crippen LogP contribution is 2.29. The standard InChI is InChI=1S/C20H22N6O5S.C20H20N6OS.C19H22N8O4S/c21-5-8-29-10-11-30-9-6-26-15-4-3-13(12-14(15)22-20(26)28)17(27)23-19-25-24-18(32-19)16-2-1-7-31-16;1-13-23-16-11-15(3-4-18(16)26(13)10-2-7-21)19(27)25-20-24-17(12-28-20)14-5-8-22-9-6-14;1-12-22-14-10-13(2-3-15(14)27(12)5-7-30-9-8-29-6-4-20)16(28)23-19-26-25-18(32-19)17-24-21-11-31-17/h1-4,7,12H,5-6,8-11,21H2,(H,22,28)(H,23,25,27);3-6,8-9,11-12H,2,7,10,21H2,1H3,(H,24,25,27);2-3,10-11H,4-9,20H2,1H3,(H,23,26,28). The number of thiazole rings is 1. The predicted molar refractivity (Wildman–Crippen MR) is 347 cm³/mol. The van der Waals surface area contributed by atoms with Crippen molar-refractivity contribution < 1.29 is 42.2 Å². The summed E-state index contributed by atoms with van der Waals surface area (Å²) in [5, 5.41) is 35.7. The number of pyridine rings is 1. The molecule has 0 aliphatic heterocycles. The van der Waals surface area contributed by atoms with Gasteiger partial charge in [-0.3, -0.25) is 39.9 Å². The molecule has 92 heavy (non-hydrogen) atoms. The van der Waals surface area contributed by atoms with Crippen molar-refractivity contribution in [3.63, 3.8) is 0 Å². The molecule has 0 fully saturated rings. The number of aryl methyl sites for hydroxylation is 3. The average Bonchev–Trinajstić information content (AvgIpc) is 1.86. The van der Waals surface area contributed by atoms with E-state index >= 15 is 0 Å². The molecule has 0 saturated carbocycles. The molecule has 12 aromatic rings. The van der Waals surface area contributed by atoms with E-state index in [0.29, 0.717) is 144 Å². The summed E-state index contributed by atoms with van der Waals surface area (Å²) in [7, 11) is 0. The minimum atomic E-state index is -0.358. The molecule has 0 unspecified atom stereocenters. The Morgan fingerprint density at radius 3 is 1.71 bits per heavy atom. The van der Waals surface area contributed by atoms with Crippen LogP contribution in [0.5, 0.6) is 0 Å². The predicted octanol–water partition coefficient (Wildman–Crippen LogP) is 6.64. The lowest BCUT2D eigenvalue weighted by atomic mass is 10.2. The molecule has 33 heteroatoms. The smallest absolute Gasteiger partial charge is 0.326 e. The molecule has 0 atom stereocenters. The number of anilines is 3. The first-order valence-corrected chi connectivity index (χ1v) is 31.3. The van der Waals surface area contributed by atoms with Gasteiger partial charge < -0.3 is 59.1 Å². The molecule has 0 aliphatic rings. The lowest BCUT2D eigenvalue weighted by molar-refractivity contribution is 0.0477. The molecule has 0 spiro atoms. The molecular formula is C59H64N20O10S3. The lowest BCUT2D eigenvalue weighted by Gasteiger charge is -2.08. The van der Waals surface area contributed by atoms with Crippen molar-refractivity contribution in [2.24, 2.45) is 17.2 Å². The minimum Gasteiger partial charge on any atom is -0.462 e. The Balaban J connectivity index is 0.000000152. The number of furan rings is 1. The van der Waals surface area contributed by atoms with Crippen LogP contribution in [0.1, 0.15) is 49.1 Å². The zero-order chi connectivity index (χ0) is 64.2. The molecule has 0 aliphatic carbocycles. The van der Waals surface area contributed by atoms with Gasteiger partial charge in [-0.15, -0.1) is 41.9 Å². The van der Waals surface area contributed by atoms with Gasteiger partial charge in [-0.05, 0) is 106 Å². The number of aromatic nitrogens is 14. The van der Waals surface area contributed by atoms with Crippen LogP contribution < -0.4 is 38.8 Å². The van der Waals surface area contributed by atoms with Crippen LogP contribution in [0.3, 0.4) is 0 Å². The number of hydrogen-bond donors (Lipinski definition) is 7. The second kappa shape index (κ2) is 32.4. The number of hydrogen-bond acceptors (Lipinski definition) is 26. The number of rotatable bonds is 28. The maximum absolute atomic E-state index is 12.7. The van der Waals surface area contributed by atoms with Crippen LogP contribution in [0.4, 0.5) is 15.4 Å². The Morgan fingerprint density at radius 1 is 0.576 bits per heavy atom. The van der Waals surface area contributed by atoms with Crippen LogP contribution in [-0.2, 0) is 38.6 Å². The quantitative estimate of drug-likeness (QED) is 0.0253. The number of nitrogens with two attached hydrogens (primary N) is 3. The molecule has 12 rings (SSSR count). The number of fused-ring (bicyclic) bond motifs is 3. The highest BCUT2D eigenvalue weighted by atomic mass is 32.1. The van der Waals surface area contributed by atoms with Gasteiger partial charge in [-0.2, -0.15) is 0 Å². The zero-order valence-corrected chi connectivity index (χ0v) is 52.3. The van der Waals surface area contributed by atoms with Gasteiger partial charge in [-0.25, -0.2) is 19.7 Å². The summed E-state index contributed by atoms with van der Waals surface area (Å²) in [6, 6.07) is 23.2. The number of amides is 3. The number of carbonyl (C=O) groups is 3. The first-order chi connectivity index (χ1) is 45.0. The van der Waals surface area contributed by atoms with Gasteiger partial charge >= 0.3 is 5.69 Å². The first-order valence-electron chi connectivity index (χ1n) is 28.8. The number of nitrogens with zero attached hydrogens (tertiary/aromatic N) is 13. The summed E-state index contributed by atoms with van der Waals surface area (Å²) < 4.78 is 37.7. The minimum absolute atomic E-state index is 0.202. The second-order valence-electron chi connectivity index (χ2n) is 19.7. The lowest BCUT2D eigenvalue weighted by Crippen LogP contribution is -2.20. The molecule has 0 saturated heterocycles. The van der Waals surface area contributed by atoms with Gasteiger partial charge in [0.05, 0.1) is 104 Å². The van der Waals surface area contributed by atoms with E-state index < -0.39 is 0 Å². The number of ether oxygens (including phenoxy) is 4. The molecule has 3 aromatic carbocycles. The SMILES string of the molecule is Cc1nc2cc(C(=O)Nc3nc(-c4ccncc4)cs3)ccc2n1CCCN.Cc1nc2cc(C(=O)Nc3nnc(-c4nnco4)s3)ccc2n1CCOCCOCCN.NCCOCCOCCn1c(=O)[nH]c2cc(C(=O)Nc3nnc(-c4ccco4)s3)ccc21. The van der Waals surface area contributed by atoms with Gasteiger partial charge in [0.1, 0.15) is 11.6 Å². The fraction of sp³-hybridized carbons (Fsp3) is 0.288. The van der Waals surface area contributed by atoms with Crippen molar-refractivity contribution in [1.82, 2.24) is 69.2 Å². The van der Waals surface area contributed by atoms with Crippen molar-refractivity contribution >= 4 is 100 Å². The second-order valence-corrected chi connectivity index (χ2v) is 22.5. The van der Waals surface area contributed by atoms with Crippen molar-refractivity contribution in [2.45, 2.75) is 39.9 Å². The van der Waals surface area contributed by atoms with Crippen molar-refractivity contribution in [3.05, 3.63) is 148 Å². The third kappa shape index (κ3) is 17.0.